The maximum absolute atomic E-state index is 5.66. The minimum atomic E-state index is 0.432. The normalized spacial score (nSPS) is 33.5. The second kappa shape index (κ2) is 7.29. The zero-order chi connectivity index (χ0) is 12.9. The summed E-state index contributed by atoms with van der Waals surface area (Å²) in [6.45, 7) is 8.45. The van der Waals surface area contributed by atoms with Gasteiger partial charge in [0, 0.05) is 11.5 Å². The Bertz CT molecular complexity index is 220. The molecule has 1 aliphatic rings. The summed E-state index contributed by atoms with van der Waals surface area (Å²) in [5.41, 5.74) is 0.476. The first kappa shape index (κ1) is 15.7. The van der Waals surface area contributed by atoms with Crippen LogP contribution in [0.3, 0.4) is 0 Å². The van der Waals surface area contributed by atoms with E-state index in [0.717, 1.165) is 18.4 Å². The lowest BCUT2D eigenvalue weighted by atomic mass is 9.73. The van der Waals surface area contributed by atoms with Gasteiger partial charge >= 0.3 is 0 Å². The average molecular weight is 354 g/mol. The molecule has 2 nitrogen and oxygen atoms in total. The fourth-order valence-electron chi connectivity index (χ4n) is 3.31. The predicted octanol–water partition coefficient (Wildman–Crippen LogP) is 4.12. The first-order chi connectivity index (χ1) is 8.05. The van der Waals surface area contributed by atoms with Crippen LogP contribution < -0.4 is 0 Å². The van der Waals surface area contributed by atoms with E-state index in [2.05, 4.69) is 43.4 Å². The van der Waals surface area contributed by atoms with Crippen LogP contribution in [-0.2, 0) is 9.47 Å². The third-order valence-corrected chi connectivity index (χ3v) is 5.02. The fraction of sp³-hybridized carbons (Fsp3) is 1.00. The Labute approximate surface area is 120 Å². The molecule has 0 aromatic heterocycles. The molecule has 1 saturated carbocycles. The fourth-order valence-corrected chi connectivity index (χ4v) is 4.54. The highest BCUT2D eigenvalue weighted by Crippen LogP contribution is 2.51. The number of methoxy groups -OCH3 is 1. The lowest BCUT2D eigenvalue weighted by molar-refractivity contribution is -0.0651. The summed E-state index contributed by atoms with van der Waals surface area (Å²) in [5.74, 6) is 2.29. The summed E-state index contributed by atoms with van der Waals surface area (Å²) in [6, 6.07) is 0. The topological polar surface area (TPSA) is 18.5 Å². The molecule has 3 atom stereocenters. The molecule has 0 bridgehead atoms. The smallest absolute Gasteiger partial charge is 0.146 e. The van der Waals surface area contributed by atoms with Gasteiger partial charge in [0.15, 0.2) is 0 Å². The van der Waals surface area contributed by atoms with Crippen molar-refractivity contribution in [2.75, 3.05) is 24.9 Å². The SMILES string of the molecule is COCOC[C@H]1[C@H](C(C)C)CC[C@@]1(C)CCI. The maximum atomic E-state index is 5.66. The Kier molecular flexibility index (Phi) is 6.74. The van der Waals surface area contributed by atoms with Crippen molar-refractivity contribution in [2.45, 2.75) is 40.0 Å². The lowest BCUT2D eigenvalue weighted by Gasteiger charge is -2.35. The second-order valence-electron chi connectivity index (χ2n) is 5.92. The lowest BCUT2D eigenvalue weighted by Crippen LogP contribution is -2.32. The van der Waals surface area contributed by atoms with Gasteiger partial charge in [-0.05, 0) is 42.4 Å². The minimum Gasteiger partial charge on any atom is -0.359 e. The van der Waals surface area contributed by atoms with Gasteiger partial charge in [0.05, 0.1) is 6.61 Å². The molecule has 0 N–H and O–H groups in total. The monoisotopic (exact) mass is 354 g/mol. The van der Waals surface area contributed by atoms with Crippen LogP contribution in [0.5, 0.6) is 0 Å². The van der Waals surface area contributed by atoms with Crippen molar-refractivity contribution in [1.82, 2.24) is 0 Å². The van der Waals surface area contributed by atoms with Gasteiger partial charge < -0.3 is 9.47 Å². The number of alkyl halides is 1. The molecule has 17 heavy (non-hydrogen) atoms. The number of halogens is 1. The Hall–Kier alpha value is 0.650. The number of ether oxygens (including phenoxy) is 2. The highest BCUT2D eigenvalue weighted by molar-refractivity contribution is 14.1. The second-order valence-corrected chi connectivity index (χ2v) is 7.00. The van der Waals surface area contributed by atoms with Crippen molar-refractivity contribution >= 4 is 22.6 Å². The molecule has 0 aliphatic heterocycles. The van der Waals surface area contributed by atoms with Crippen LogP contribution in [0, 0.1) is 23.2 Å². The Morgan fingerprint density at radius 2 is 2.12 bits per heavy atom. The third-order valence-electron chi connectivity index (χ3n) is 4.48. The molecule has 3 heteroatoms. The van der Waals surface area contributed by atoms with E-state index >= 15 is 0 Å². The van der Waals surface area contributed by atoms with E-state index in [1.54, 1.807) is 7.11 Å². The molecule has 0 amide bonds. The Morgan fingerprint density at radius 1 is 1.41 bits per heavy atom. The zero-order valence-corrected chi connectivity index (χ0v) is 13.8. The summed E-state index contributed by atoms with van der Waals surface area (Å²) in [4.78, 5) is 0. The van der Waals surface area contributed by atoms with E-state index in [-0.39, 0.29) is 0 Å². The van der Waals surface area contributed by atoms with Crippen molar-refractivity contribution in [3.63, 3.8) is 0 Å². The van der Waals surface area contributed by atoms with E-state index in [0.29, 0.717) is 18.1 Å². The van der Waals surface area contributed by atoms with E-state index in [9.17, 15) is 0 Å². The van der Waals surface area contributed by atoms with Gasteiger partial charge in [0.2, 0.25) is 0 Å². The van der Waals surface area contributed by atoms with Crippen molar-refractivity contribution in [2.24, 2.45) is 23.2 Å². The molecule has 1 aliphatic carbocycles. The van der Waals surface area contributed by atoms with Crippen molar-refractivity contribution in [1.29, 1.82) is 0 Å². The molecule has 0 radical (unpaired) electrons. The van der Waals surface area contributed by atoms with Crippen LogP contribution >= 0.6 is 22.6 Å². The predicted molar refractivity (Wildman–Crippen MR) is 80.5 cm³/mol. The highest BCUT2D eigenvalue weighted by Gasteiger charge is 2.45. The van der Waals surface area contributed by atoms with E-state index < -0.39 is 0 Å². The van der Waals surface area contributed by atoms with Crippen LogP contribution in [0.4, 0.5) is 0 Å². The zero-order valence-electron chi connectivity index (χ0n) is 11.7. The maximum Gasteiger partial charge on any atom is 0.146 e. The highest BCUT2D eigenvalue weighted by atomic mass is 127. The van der Waals surface area contributed by atoms with Crippen molar-refractivity contribution in [3.05, 3.63) is 0 Å². The molecule has 1 rings (SSSR count). The number of hydrogen-bond acceptors (Lipinski definition) is 2. The molecule has 1 fully saturated rings. The quantitative estimate of drug-likeness (QED) is 0.296. The van der Waals surface area contributed by atoms with Crippen molar-refractivity contribution in [3.8, 4) is 0 Å². The van der Waals surface area contributed by atoms with Crippen LogP contribution in [0.15, 0.2) is 0 Å². The summed E-state index contributed by atoms with van der Waals surface area (Å²) in [6.07, 6.45) is 4.05. The van der Waals surface area contributed by atoms with Crippen LogP contribution in [0.25, 0.3) is 0 Å². The standard InChI is InChI=1S/C14H27IO2/c1-11(2)12-5-6-14(3,7-8-15)13(12)9-17-10-16-4/h11-13H,5-10H2,1-4H3/t12-,13-,14-/m0/s1. The molecule has 0 spiro atoms. The van der Waals surface area contributed by atoms with E-state index in [1.807, 2.05) is 0 Å². The van der Waals surface area contributed by atoms with Gasteiger partial charge in [-0.25, -0.2) is 0 Å². The largest absolute Gasteiger partial charge is 0.359 e. The molecule has 0 unspecified atom stereocenters. The van der Waals surface area contributed by atoms with Gasteiger partial charge in [-0.15, -0.1) is 0 Å². The Balaban J connectivity index is 2.64. The first-order valence-corrected chi connectivity index (χ1v) is 8.20. The van der Waals surface area contributed by atoms with Crippen LogP contribution in [0.2, 0.25) is 0 Å². The molecule has 102 valence electrons. The summed E-state index contributed by atoms with van der Waals surface area (Å²) in [7, 11) is 1.69. The number of hydrogen-bond donors (Lipinski definition) is 0. The third kappa shape index (κ3) is 4.06. The molecule has 0 aromatic rings. The van der Waals surface area contributed by atoms with E-state index in [1.165, 1.54) is 23.7 Å². The van der Waals surface area contributed by atoms with Crippen LogP contribution in [-0.4, -0.2) is 24.9 Å². The van der Waals surface area contributed by atoms with Gasteiger partial charge in [0.25, 0.3) is 0 Å². The van der Waals surface area contributed by atoms with Crippen LogP contribution in [0.1, 0.15) is 40.0 Å². The van der Waals surface area contributed by atoms with Gasteiger partial charge in [-0.2, -0.15) is 0 Å². The molecular formula is C14H27IO2. The molecule has 0 aromatic carbocycles. The van der Waals surface area contributed by atoms with Gasteiger partial charge in [-0.1, -0.05) is 43.4 Å². The summed E-state index contributed by atoms with van der Waals surface area (Å²) in [5, 5.41) is 0. The minimum absolute atomic E-state index is 0.432. The summed E-state index contributed by atoms with van der Waals surface area (Å²) < 4.78 is 11.9. The van der Waals surface area contributed by atoms with E-state index in [4.69, 9.17) is 9.47 Å². The molecule has 0 heterocycles. The van der Waals surface area contributed by atoms with Gasteiger partial charge in [0.1, 0.15) is 6.79 Å². The first-order valence-electron chi connectivity index (χ1n) is 6.68. The summed E-state index contributed by atoms with van der Waals surface area (Å²) >= 11 is 2.50. The van der Waals surface area contributed by atoms with Gasteiger partial charge in [-0.3, -0.25) is 0 Å². The molecular weight excluding hydrogens is 327 g/mol. The molecule has 0 saturated heterocycles. The Morgan fingerprint density at radius 3 is 2.65 bits per heavy atom. The number of rotatable bonds is 7. The average Bonchev–Trinajstić information content (AvgIpc) is 2.57. The van der Waals surface area contributed by atoms with Crippen molar-refractivity contribution < 1.29 is 9.47 Å².